The third-order valence-electron chi connectivity index (χ3n) is 4.41. The number of carbonyl (C=O) groups is 1. The average molecular weight is 336 g/mol. The first kappa shape index (κ1) is 18.2. The van der Waals surface area contributed by atoms with Gasteiger partial charge in [-0.2, -0.15) is 0 Å². The molecule has 1 saturated carbocycles. The Morgan fingerprint density at radius 3 is 2.25 bits per heavy atom. The second kappa shape index (κ2) is 9.25. The number of amides is 2. The molecule has 2 amide bonds. The SMILES string of the molecule is COc1cc(OC)c(OC)cc1CCNC(=O)NC1CCCCC1. The Hall–Kier alpha value is -2.11. The van der Waals surface area contributed by atoms with Crippen LogP contribution in [0.3, 0.4) is 0 Å². The quantitative estimate of drug-likeness (QED) is 0.803. The van der Waals surface area contributed by atoms with Crippen LogP contribution in [0.15, 0.2) is 12.1 Å². The van der Waals surface area contributed by atoms with E-state index in [1.807, 2.05) is 6.07 Å². The fourth-order valence-corrected chi connectivity index (χ4v) is 3.08. The molecule has 0 bridgehead atoms. The van der Waals surface area contributed by atoms with E-state index in [1.165, 1.54) is 19.3 Å². The van der Waals surface area contributed by atoms with Crippen molar-refractivity contribution in [1.82, 2.24) is 10.6 Å². The molecule has 6 heteroatoms. The first-order valence-corrected chi connectivity index (χ1v) is 8.51. The van der Waals surface area contributed by atoms with Gasteiger partial charge in [0, 0.05) is 18.7 Å². The predicted molar refractivity (Wildman–Crippen MR) is 93.2 cm³/mol. The number of nitrogens with one attached hydrogen (secondary N) is 2. The van der Waals surface area contributed by atoms with Crippen LogP contribution in [0.25, 0.3) is 0 Å². The number of rotatable bonds is 7. The van der Waals surface area contributed by atoms with E-state index in [-0.39, 0.29) is 6.03 Å². The Morgan fingerprint density at radius 1 is 1.00 bits per heavy atom. The van der Waals surface area contributed by atoms with Crippen molar-refractivity contribution in [2.75, 3.05) is 27.9 Å². The molecule has 24 heavy (non-hydrogen) atoms. The molecule has 0 spiro atoms. The van der Waals surface area contributed by atoms with Crippen LogP contribution < -0.4 is 24.8 Å². The van der Waals surface area contributed by atoms with E-state index in [0.717, 1.165) is 24.2 Å². The standard InChI is InChI=1S/C18H28N2O4/c1-22-15-12-17(24-3)16(23-2)11-13(15)9-10-19-18(21)20-14-7-5-4-6-8-14/h11-12,14H,4-10H2,1-3H3,(H2,19,20,21). The van der Waals surface area contributed by atoms with Crippen molar-refractivity contribution < 1.29 is 19.0 Å². The van der Waals surface area contributed by atoms with Gasteiger partial charge in [-0.1, -0.05) is 19.3 Å². The van der Waals surface area contributed by atoms with E-state index in [1.54, 1.807) is 27.4 Å². The normalized spacial score (nSPS) is 14.8. The summed E-state index contributed by atoms with van der Waals surface area (Å²) in [7, 11) is 4.81. The van der Waals surface area contributed by atoms with Crippen molar-refractivity contribution in [3.05, 3.63) is 17.7 Å². The largest absolute Gasteiger partial charge is 0.496 e. The van der Waals surface area contributed by atoms with E-state index in [4.69, 9.17) is 14.2 Å². The summed E-state index contributed by atoms with van der Waals surface area (Å²) in [5, 5.41) is 5.97. The Morgan fingerprint density at radius 2 is 1.62 bits per heavy atom. The molecule has 1 aromatic carbocycles. The lowest BCUT2D eigenvalue weighted by Crippen LogP contribution is -2.43. The summed E-state index contributed by atoms with van der Waals surface area (Å²) in [6.45, 7) is 0.532. The second-order valence-corrected chi connectivity index (χ2v) is 6.00. The van der Waals surface area contributed by atoms with Gasteiger partial charge in [-0.3, -0.25) is 0 Å². The fourth-order valence-electron chi connectivity index (χ4n) is 3.08. The lowest BCUT2D eigenvalue weighted by atomic mass is 9.96. The fraction of sp³-hybridized carbons (Fsp3) is 0.611. The molecule has 2 rings (SSSR count). The van der Waals surface area contributed by atoms with Crippen molar-refractivity contribution in [2.45, 2.75) is 44.6 Å². The Kier molecular flexibility index (Phi) is 7.03. The van der Waals surface area contributed by atoms with Gasteiger partial charge in [0.05, 0.1) is 21.3 Å². The summed E-state index contributed by atoms with van der Waals surface area (Å²) in [6, 6.07) is 3.91. The molecule has 1 aliphatic rings. The van der Waals surface area contributed by atoms with E-state index in [9.17, 15) is 4.79 Å². The second-order valence-electron chi connectivity index (χ2n) is 6.00. The van der Waals surface area contributed by atoms with Gasteiger partial charge in [0.25, 0.3) is 0 Å². The molecule has 0 atom stereocenters. The number of methoxy groups -OCH3 is 3. The maximum atomic E-state index is 12.0. The minimum Gasteiger partial charge on any atom is -0.496 e. The molecule has 1 aliphatic carbocycles. The monoisotopic (exact) mass is 336 g/mol. The maximum Gasteiger partial charge on any atom is 0.315 e. The number of ether oxygens (including phenoxy) is 3. The van der Waals surface area contributed by atoms with Crippen LogP contribution in [0.4, 0.5) is 4.79 Å². The number of hydrogen-bond donors (Lipinski definition) is 2. The topological polar surface area (TPSA) is 68.8 Å². The Balaban J connectivity index is 1.87. The Bertz CT molecular complexity index is 542. The summed E-state index contributed by atoms with van der Waals surface area (Å²) in [6.07, 6.45) is 6.50. The molecule has 0 radical (unpaired) electrons. The minimum atomic E-state index is -0.0960. The van der Waals surface area contributed by atoms with Gasteiger partial charge in [0.2, 0.25) is 0 Å². The van der Waals surface area contributed by atoms with Crippen LogP contribution in [0, 0.1) is 0 Å². The highest BCUT2D eigenvalue weighted by Gasteiger charge is 2.16. The lowest BCUT2D eigenvalue weighted by molar-refractivity contribution is 0.232. The van der Waals surface area contributed by atoms with E-state index in [2.05, 4.69) is 10.6 Å². The van der Waals surface area contributed by atoms with Crippen molar-refractivity contribution in [3.8, 4) is 17.2 Å². The molecule has 0 unspecified atom stereocenters. The van der Waals surface area contributed by atoms with Gasteiger partial charge in [0.1, 0.15) is 5.75 Å². The highest BCUT2D eigenvalue weighted by Crippen LogP contribution is 2.34. The van der Waals surface area contributed by atoms with Gasteiger partial charge in [-0.15, -0.1) is 0 Å². The highest BCUT2D eigenvalue weighted by molar-refractivity contribution is 5.74. The smallest absolute Gasteiger partial charge is 0.315 e. The van der Waals surface area contributed by atoms with Gasteiger partial charge in [-0.25, -0.2) is 4.79 Å². The van der Waals surface area contributed by atoms with Crippen LogP contribution in [0.5, 0.6) is 17.2 Å². The van der Waals surface area contributed by atoms with E-state index in [0.29, 0.717) is 30.5 Å². The highest BCUT2D eigenvalue weighted by atomic mass is 16.5. The lowest BCUT2D eigenvalue weighted by Gasteiger charge is -2.23. The molecule has 0 aliphatic heterocycles. The Labute approximate surface area is 143 Å². The number of carbonyl (C=O) groups excluding carboxylic acids is 1. The molecule has 6 nitrogen and oxygen atoms in total. The molecular weight excluding hydrogens is 308 g/mol. The zero-order chi connectivity index (χ0) is 17.4. The van der Waals surface area contributed by atoms with Crippen LogP contribution in [0.1, 0.15) is 37.7 Å². The van der Waals surface area contributed by atoms with Gasteiger partial charge in [-0.05, 0) is 30.9 Å². The molecule has 1 aromatic rings. The maximum absolute atomic E-state index is 12.0. The summed E-state index contributed by atoms with van der Waals surface area (Å²) in [5.74, 6) is 2.00. The summed E-state index contributed by atoms with van der Waals surface area (Å²) < 4.78 is 16.0. The van der Waals surface area contributed by atoms with Crippen LogP contribution >= 0.6 is 0 Å². The van der Waals surface area contributed by atoms with Crippen molar-refractivity contribution in [3.63, 3.8) is 0 Å². The first-order chi connectivity index (χ1) is 11.7. The minimum absolute atomic E-state index is 0.0960. The van der Waals surface area contributed by atoms with Crippen LogP contribution in [-0.4, -0.2) is 39.9 Å². The number of hydrogen-bond acceptors (Lipinski definition) is 4. The summed E-state index contributed by atoms with van der Waals surface area (Å²) >= 11 is 0. The van der Waals surface area contributed by atoms with Crippen molar-refractivity contribution >= 4 is 6.03 Å². The molecule has 0 aromatic heterocycles. The van der Waals surface area contributed by atoms with Gasteiger partial charge >= 0.3 is 6.03 Å². The van der Waals surface area contributed by atoms with E-state index >= 15 is 0 Å². The molecule has 2 N–H and O–H groups in total. The van der Waals surface area contributed by atoms with Crippen LogP contribution in [-0.2, 0) is 6.42 Å². The molecule has 1 fully saturated rings. The number of benzene rings is 1. The van der Waals surface area contributed by atoms with Crippen molar-refractivity contribution in [2.24, 2.45) is 0 Å². The zero-order valence-electron chi connectivity index (χ0n) is 14.8. The number of urea groups is 1. The summed E-state index contributed by atoms with van der Waals surface area (Å²) in [4.78, 5) is 12.0. The predicted octanol–water partition coefficient (Wildman–Crippen LogP) is 2.89. The molecule has 0 heterocycles. The summed E-state index contributed by atoms with van der Waals surface area (Å²) in [5.41, 5.74) is 0.966. The van der Waals surface area contributed by atoms with Crippen LogP contribution in [0.2, 0.25) is 0 Å². The third-order valence-corrected chi connectivity index (χ3v) is 4.41. The average Bonchev–Trinajstić information content (AvgIpc) is 2.62. The van der Waals surface area contributed by atoms with Gasteiger partial charge in [0.15, 0.2) is 11.5 Å². The van der Waals surface area contributed by atoms with Crippen molar-refractivity contribution in [1.29, 1.82) is 0 Å². The molecule has 0 saturated heterocycles. The molecule has 134 valence electrons. The van der Waals surface area contributed by atoms with Gasteiger partial charge < -0.3 is 24.8 Å². The third kappa shape index (κ3) is 4.94. The first-order valence-electron chi connectivity index (χ1n) is 8.51. The van der Waals surface area contributed by atoms with E-state index < -0.39 is 0 Å². The molecular formula is C18H28N2O4. The zero-order valence-corrected chi connectivity index (χ0v) is 14.8.